The van der Waals surface area contributed by atoms with Crippen molar-refractivity contribution in [1.82, 2.24) is 4.98 Å². The molecule has 1 rings (SSSR count). The van der Waals surface area contributed by atoms with Gasteiger partial charge in [0.15, 0.2) is 0 Å². The Hall–Kier alpha value is -0.890. The zero-order chi connectivity index (χ0) is 9.90. The Kier molecular flexibility index (Phi) is 3.04. The van der Waals surface area contributed by atoms with Crippen LogP contribution in [0.25, 0.3) is 0 Å². The predicted molar refractivity (Wildman–Crippen MR) is 55.4 cm³/mol. The van der Waals surface area contributed by atoms with Gasteiger partial charge in [-0.15, -0.1) is 0 Å². The monoisotopic (exact) mass is 178 g/mol. The number of nitrogens with two attached hydrogens (primary N) is 1. The van der Waals surface area contributed by atoms with Crippen molar-refractivity contribution in [3.8, 4) is 0 Å². The lowest BCUT2D eigenvalue weighted by molar-refractivity contribution is 0.318. The fraction of sp³-hybridized carbons (Fsp3) is 0.545. The van der Waals surface area contributed by atoms with Gasteiger partial charge in [-0.1, -0.05) is 26.8 Å². The average Bonchev–Trinajstić information content (AvgIpc) is 2.04. The molecule has 1 atom stereocenters. The molecule has 0 saturated heterocycles. The second-order valence-electron chi connectivity index (χ2n) is 4.54. The average molecular weight is 178 g/mol. The van der Waals surface area contributed by atoms with E-state index in [0.29, 0.717) is 0 Å². The summed E-state index contributed by atoms with van der Waals surface area (Å²) in [5, 5.41) is 0. The van der Waals surface area contributed by atoms with Crippen LogP contribution in [0, 0.1) is 5.41 Å². The fourth-order valence-electron chi connectivity index (χ4n) is 1.08. The van der Waals surface area contributed by atoms with Gasteiger partial charge in [0.05, 0.1) is 0 Å². The smallest absolute Gasteiger partial charge is 0.0300 e. The van der Waals surface area contributed by atoms with Gasteiger partial charge < -0.3 is 5.73 Å². The van der Waals surface area contributed by atoms with E-state index >= 15 is 0 Å². The lowest BCUT2D eigenvalue weighted by atomic mass is 9.84. The molecule has 2 nitrogen and oxygen atoms in total. The quantitative estimate of drug-likeness (QED) is 0.752. The minimum atomic E-state index is 0.163. The molecule has 0 bridgehead atoms. The third-order valence-electron chi connectivity index (χ3n) is 2.29. The van der Waals surface area contributed by atoms with Gasteiger partial charge in [-0.05, 0) is 23.5 Å². The first kappa shape index (κ1) is 10.2. The van der Waals surface area contributed by atoms with Crippen LogP contribution in [0.3, 0.4) is 0 Å². The highest BCUT2D eigenvalue weighted by molar-refractivity contribution is 5.10. The van der Waals surface area contributed by atoms with Gasteiger partial charge in [0, 0.05) is 18.4 Å². The Morgan fingerprint density at radius 1 is 1.46 bits per heavy atom. The molecule has 1 heterocycles. The third kappa shape index (κ3) is 3.15. The van der Waals surface area contributed by atoms with Crippen LogP contribution in [-0.4, -0.2) is 11.0 Å². The zero-order valence-electron chi connectivity index (χ0n) is 8.62. The molecule has 0 aromatic carbocycles. The maximum atomic E-state index is 6.05. The van der Waals surface area contributed by atoms with Crippen molar-refractivity contribution in [2.24, 2.45) is 11.1 Å². The fourth-order valence-corrected chi connectivity index (χ4v) is 1.08. The van der Waals surface area contributed by atoms with E-state index < -0.39 is 0 Å². The highest BCUT2D eigenvalue weighted by Crippen LogP contribution is 2.20. The molecule has 1 unspecified atom stereocenters. The van der Waals surface area contributed by atoms with Crippen LogP contribution in [0.15, 0.2) is 24.5 Å². The predicted octanol–water partition coefficient (Wildman–Crippen LogP) is 2.00. The van der Waals surface area contributed by atoms with Gasteiger partial charge >= 0.3 is 0 Å². The molecule has 2 heteroatoms. The Bertz CT molecular complexity index is 249. The van der Waals surface area contributed by atoms with E-state index in [-0.39, 0.29) is 11.5 Å². The van der Waals surface area contributed by atoms with Crippen molar-refractivity contribution in [2.75, 3.05) is 0 Å². The first-order valence-electron chi connectivity index (χ1n) is 4.64. The van der Waals surface area contributed by atoms with Crippen LogP contribution < -0.4 is 5.73 Å². The Labute approximate surface area is 80.2 Å². The van der Waals surface area contributed by atoms with Crippen molar-refractivity contribution in [1.29, 1.82) is 0 Å². The Morgan fingerprint density at radius 3 is 2.62 bits per heavy atom. The summed E-state index contributed by atoms with van der Waals surface area (Å²) < 4.78 is 0. The summed E-state index contributed by atoms with van der Waals surface area (Å²) in [4.78, 5) is 4.06. The molecule has 1 aromatic rings. The van der Waals surface area contributed by atoms with Gasteiger partial charge in [0.25, 0.3) is 0 Å². The molecule has 0 aliphatic rings. The van der Waals surface area contributed by atoms with Crippen LogP contribution in [0.5, 0.6) is 0 Å². The first-order valence-corrected chi connectivity index (χ1v) is 4.64. The number of nitrogens with zero attached hydrogens (tertiary/aromatic N) is 1. The van der Waals surface area contributed by atoms with Crippen LogP contribution >= 0.6 is 0 Å². The van der Waals surface area contributed by atoms with E-state index in [4.69, 9.17) is 5.73 Å². The molecule has 0 spiro atoms. The second-order valence-corrected chi connectivity index (χ2v) is 4.54. The first-order chi connectivity index (χ1) is 6.00. The highest BCUT2D eigenvalue weighted by Gasteiger charge is 2.20. The number of hydrogen-bond donors (Lipinski definition) is 1. The molecule has 0 saturated carbocycles. The van der Waals surface area contributed by atoms with E-state index in [1.54, 1.807) is 6.20 Å². The maximum Gasteiger partial charge on any atom is 0.0300 e. The largest absolute Gasteiger partial charge is 0.327 e. The summed E-state index contributed by atoms with van der Waals surface area (Å²) in [6.07, 6.45) is 4.56. The molecule has 0 fully saturated rings. The lowest BCUT2D eigenvalue weighted by Gasteiger charge is -2.26. The van der Waals surface area contributed by atoms with Gasteiger partial charge in [0.1, 0.15) is 0 Å². The molecule has 2 N–H and O–H groups in total. The van der Waals surface area contributed by atoms with Crippen LogP contribution in [0.4, 0.5) is 0 Å². The SMILES string of the molecule is CC(C)(C)C(N)Cc1cccnc1. The lowest BCUT2D eigenvalue weighted by Crippen LogP contribution is -2.36. The second kappa shape index (κ2) is 3.88. The number of rotatable bonds is 2. The van der Waals surface area contributed by atoms with E-state index in [2.05, 4.69) is 31.8 Å². The van der Waals surface area contributed by atoms with Crippen molar-refractivity contribution < 1.29 is 0 Å². The van der Waals surface area contributed by atoms with E-state index in [9.17, 15) is 0 Å². The summed E-state index contributed by atoms with van der Waals surface area (Å²) in [6, 6.07) is 4.21. The number of hydrogen-bond acceptors (Lipinski definition) is 2. The van der Waals surface area contributed by atoms with Gasteiger partial charge in [-0.25, -0.2) is 0 Å². The maximum absolute atomic E-state index is 6.05. The Morgan fingerprint density at radius 2 is 2.15 bits per heavy atom. The molecule has 1 aromatic heterocycles. The van der Waals surface area contributed by atoms with E-state index in [1.165, 1.54) is 5.56 Å². The van der Waals surface area contributed by atoms with Crippen LogP contribution in [-0.2, 0) is 6.42 Å². The Balaban J connectivity index is 2.61. The van der Waals surface area contributed by atoms with E-state index in [0.717, 1.165) is 6.42 Å². The minimum Gasteiger partial charge on any atom is -0.327 e. The van der Waals surface area contributed by atoms with Crippen LogP contribution in [0.1, 0.15) is 26.3 Å². The molecule has 0 radical (unpaired) electrons. The standard InChI is InChI=1S/C11H18N2/c1-11(2,3)10(12)7-9-5-4-6-13-8-9/h4-6,8,10H,7,12H2,1-3H3. The topological polar surface area (TPSA) is 38.9 Å². The molecule has 0 amide bonds. The molecule has 0 aliphatic carbocycles. The van der Waals surface area contributed by atoms with Gasteiger partial charge in [0.2, 0.25) is 0 Å². The number of pyridine rings is 1. The molecular weight excluding hydrogens is 160 g/mol. The van der Waals surface area contributed by atoms with Crippen molar-refractivity contribution >= 4 is 0 Å². The molecule has 13 heavy (non-hydrogen) atoms. The normalized spacial score (nSPS) is 14.2. The number of aromatic nitrogens is 1. The summed E-state index contributed by atoms with van der Waals surface area (Å²) in [5.74, 6) is 0. The van der Waals surface area contributed by atoms with E-state index in [1.807, 2.05) is 12.3 Å². The third-order valence-corrected chi connectivity index (χ3v) is 2.29. The summed E-state index contributed by atoms with van der Waals surface area (Å²) >= 11 is 0. The van der Waals surface area contributed by atoms with Crippen LogP contribution in [0.2, 0.25) is 0 Å². The molecule has 72 valence electrons. The summed E-state index contributed by atoms with van der Waals surface area (Å²) in [7, 11) is 0. The van der Waals surface area contributed by atoms with Crippen molar-refractivity contribution in [3.63, 3.8) is 0 Å². The van der Waals surface area contributed by atoms with Gasteiger partial charge in [-0.2, -0.15) is 0 Å². The summed E-state index contributed by atoms with van der Waals surface area (Å²) in [6.45, 7) is 6.48. The summed E-state index contributed by atoms with van der Waals surface area (Å²) in [5.41, 5.74) is 7.43. The van der Waals surface area contributed by atoms with Gasteiger partial charge in [-0.3, -0.25) is 4.98 Å². The van der Waals surface area contributed by atoms with Crippen molar-refractivity contribution in [3.05, 3.63) is 30.1 Å². The molecule has 0 aliphatic heterocycles. The van der Waals surface area contributed by atoms with Crippen molar-refractivity contribution in [2.45, 2.75) is 33.2 Å². The molecular formula is C11H18N2. The zero-order valence-corrected chi connectivity index (χ0v) is 8.62. The highest BCUT2D eigenvalue weighted by atomic mass is 14.7. The minimum absolute atomic E-state index is 0.163.